The Hall–Kier alpha value is -2.02. The van der Waals surface area contributed by atoms with Gasteiger partial charge in [-0.25, -0.2) is 4.39 Å². The van der Waals surface area contributed by atoms with Crippen LogP contribution in [0.1, 0.15) is 23.2 Å². The van der Waals surface area contributed by atoms with Gasteiger partial charge in [0.25, 0.3) is 11.6 Å². The van der Waals surface area contributed by atoms with E-state index >= 15 is 0 Å². The van der Waals surface area contributed by atoms with Crippen molar-refractivity contribution in [3.8, 4) is 0 Å². The minimum absolute atomic E-state index is 0.212. The topological polar surface area (TPSA) is 66.7 Å². The second-order valence-corrected chi connectivity index (χ2v) is 5.50. The third-order valence-corrected chi connectivity index (χ3v) is 4.27. The summed E-state index contributed by atoms with van der Waals surface area (Å²) >= 11 is 0. The van der Waals surface area contributed by atoms with E-state index in [1.54, 1.807) is 4.90 Å². The van der Waals surface area contributed by atoms with Crippen LogP contribution in [0.25, 0.3) is 0 Å². The van der Waals surface area contributed by atoms with Crippen molar-refractivity contribution in [2.75, 3.05) is 26.2 Å². The van der Waals surface area contributed by atoms with E-state index in [-0.39, 0.29) is 11.3 Å². The van der Waals surface area contributed by atoms with Crippen molar-refractivity contribution in [1.29, 1.82) is 0 Å². The maximum atomic E-state index is 13.8. The van der Waals surface area contributed by atoms with Crippen molar-refractivity contribution < 1.29 is 14.1 Å². The standard InChI is InChI=1S/C14H16FN3O3/c15-13-4-3-10(18(20)21)8-12(13)14(19)17-7-6-16-5-1-2-11(16)9-17/h3-4,8,11H,1-2,5-7,9H2. The number of hydrogen-bond acceptors (Lipinski definition) is 4. The third-order valence-electron chi connectivity index (χ3n) is 4.27. The molecule has 1 atom stereocenters. The van der Waals surface area contributed by atoms with Crippen LogP contribution in [0.2, 0.25) is 0 Å². The first-order valence-corrected chi connectivity index (χ1v) is 7.03. The van der Waals surface area contributed by atoms with E-state index in [0.29, 0.717) is 19.1 Å². The summed E-state index contributed by atoms with van der Waals surface area (Å²) in [5.41, 5.74) is -0.477. The molecule has 1 aromatic carbocycles. The number of non-ortho nitro benzene ring substituents is 1. The number of carbonyl (C=O) groups is 1. The van der Waals surface area contributed by atoms with E-state index in [9.17, 15) is 19.3 Å². The molecular weight excluding hydrogens is 277 g/mol. The fraction of sp³-hybridized carbons (Fsp3) is 0.500. The van der Waals surface area contributed by atoms with E-state index in [1.165, 1.54) is 0 Å². The molecule has 2 aliphatic heterocycles. The Morgan fingerprint density at radius 1 is 1.33 bits per heavy atom. The van der Waals surface area contributed by atoms with E-state index in [0.717, 1.165) is 44.1 Å². The molecule has 2 heterocycles. The van der Waals surface area contributed by atoms with Crippen molar-refractivity contribution in [3.63, 3.8) is 0 Å². The zero-order valence-electron chi connectivity index (χ0n) is 11.5. The van der Waals surface area contributed by atoms with E-state index in [1.807, 2.05) is 0 Å². The van der Waals surface area contributed by atoms with Gasteiger partial charge in [0.05, 0.1) is 10.5 Å². The second-order valence-electron chi connectivity index (χ2n) is 5.50. The summed E-state index contributed by atoms with van der Waals surface area (Å²) in [7, 11) is 0. The Balaban J connectivity index is 1.81. The van der Waals surface area contributed by atoms with E-state index in [2.05, 4.69) is 4.90 Å². The van der Waals surface area contributed by atoms with Gasteiger partial charge in [-0.15, -0.1) is 0 Å². The lowest BCUT2D eigenvalue weighted by molar-refractivity contribution is -0.384. The van der Waals surface area contributed by atoms with Crippen LogP contribution in [0.15, 0.2) is 18.2 Å². The van der Waals surface area contributed by atoms with Crippen LogP contribution in [0.3, 0.4) is 0 Å². The fourth-order valence-corrected chi connectivity index (χ4v) is 3.14. The number of nitro groups is 1. The van der Waals surface area contributed by atoms with Crippen molar-refractivity contribution in [2.45, 2.75) is 18.9 Å². The number of nitro benzene ring substituents is 1. The first kappa shape index (κ1) is 13.9. The van der Waals surface area contributed by atoms with Gasteiger partial charge < -0.3 is 4.90 Å². The summed E-state index contributed by atoms with van der Waals surface area (Å²) < 4.78 is 13.8. The SMILES string of the molecule is O=C(c1cc([N+](=O)[O-])ccc1F)N1CCN2CCCC2C1. The molecule has 2 fully saturated rings. The fourth-order valence-electron chi connectivity index (χ4n) is 3.14. The molecule has 21 heavy (non-hydrogen) atoms. The zero-order chi connectivity index (χ0) is 15.0. The van der Waals surface area contributed by atoms with Crippen molar-refractivity contribution in [2.24, 2.45) is 0 Å². The molecule has 1 amide bonds. The predicted octanol–water partition coefficient (Wildman–Crippen LogP) is 1.65. The average Bonchev–Trinajstić information content (AvgIpc) is 2.94. The molecular formula is C14H16FN3O3. The molecule has 0 spiro atoms. The molecule has 2 aliphatic rings. The van der Waals surface area contributed by atoms with Crippen molar-refractivity contribution in [3.05, 3.63) is 39.7 Å². The minimum Gasteiger partial charge on any atom is -0.336 e. The number of nitrogens with zero attached hydrogens (tertiary/aromatic N) is 3. The average molecular weight is 293 g/mol. The van der Waals surface area contributed by atoms with Gasteiger partial charge in [-0.1, -0.05) is 0 Å². The van der Waals surface area contributed by atoms with Gasteiger partial charge in [0.2, 0.25) is 0 Å². The number of carbonyl (C=O) groups excluding carboxylic acids is 1. The monoisotopic (exact) mass is 293 g/mol. The molecule has 3 rings (SSSR count). The molecule has 1 aromatic rings. The maximum absolute atomic E-state index is 13.8. The van der Waals surface area contributed by atoms with Crippen LogP contribution < -0.4 is 0 Å². The number of benzene rings is 1. The van der Waals surface area contributed by atoms with Crippen molar-refractivity contribution >= 4 is 11.6 Å². The van der Waals surface area contributed by atoms with Gasteiger partial charge >= 0.3 is 0 Å². The summed E-state index contributed by atoms with van der Waals surface area (Å²) in [6.07, 6.45) is 2.17. The molecule has 6 nitrogen and oxygen atoms in total. The summed E-state index contributed by atoms with van der Waals surface area (Å²) in [6.45, 7) is 2.95. The van der Waals surface area contributed by atoms with E-state index in [4.69, 9.17) is 0 Å². The largest absolute Gasteiger partial charge is 0.336 e. The van der Waals surface area contributed by atoms with Crippen LogP contribution in [0.4, 0.5) is 10.1 Å². The molecule has 0 radical (unpaired) electrons. The normalized spacial score (nSPS) is 22.1. The van der Waals surface area contributed by atoms with Crippen LogP contribution in [-0.2, 0) is 0 Å². The summed E-state index contributed by atoms with van der Waals surface area (Å²) in [6, 6.07) is 3.42. The lowest BCUT2D eigenvalue weighted by atomic mass is 10.1. The Morgan fingerprint density at radius 3 is 2.90 bits per heavy atom. The number of fused-ring (bicyclic) bond motifs is 1. The van der Waals surface area contributed by atoms with Crippen LogP contribution in [0, 0.1) is 15.9 Å². The van der Waals surface area contributed by atoms with Crippen LogP contribution in [0.5, 0.6) is 0 Å². The lowest BCUT2D eigenvalue weighted by Gasteiger charge is -2.37. The molecule has 0 aliphatic carbocycles. The van der Waals surface area contributed by atoms with Gasteiger partial charge in [-0.2, -0.15) is 0 Å². The minimum atomic E-state index is -0.709. The number of rotatable bonds is 2. The Bertz CT molecular complexity index is 593. The summed E-state index contributed by atoms with van der Waals surface area (Å²) in [4.78, 5) is 26.5. The van der Waals surface area contributed by atoms with Gasteiger partial charge in [0.15, 0.2) is 0 Å². The number of amides is 1. The Morgan fingerprint density at radius 2 is 2.14 bits per heavy atom. The summed E-state index contributed by atoms with van der Waals surface area (Å²) in [5.74, 6) is -1.16. The van der Waals surface area contributed by atoms with Crippen LogP contribution in [-0.4, -0.2) is 52.9 Å². The van der Waals surface area contributed by atoms with Gasteiger partial charge in [-0.05, 0) is 25.5 Å². The van der Waals surface area contributed by atoms with Gasteiger partial charge in [0.1, 0.15) is 5.82 Å². The molecule has 0 aromatic heterocycles. The third kappa shape index (κ3) is 2.61. The quantitative estimate of drug-likeness (QED) is 0.614. The highest BCUT2D eigenvalue weighted by molar-refractivity contribution is 5.95. The first-order valence-electron chi connectivity index (χ1n) is 7.03. The maximum Gasteiger partial charge on any atom is 0.270 e. The Labute approximate surface area is 121 Å². The van der Waals surface area contributed by atoms with Gasteiger partial charge in [0, 0.05) is 37.8 Å². The molecule has 0 N–H and O–H groups in total. The lowest BCUT2D eigenvalue weighted by Crippen LogP contribution is -2.52. The highest BCUT2D eigenvalue weighted by Gasteiger charge is 2.33. The van der Waals surface area contributed by atoms with Gasteiger partial charge in [-0.3, -0.25) is 19.8 Å². The predicted molar refractivity (Wildman–Crippen MR) is 73.6 cm³/mol. The molecule has 7 heteroatoms. The molecule has 0 saturated carbocycles. The highest BCUT2D eigenvalue weighted by atomic mass is 19.1. The van der Waals surface area contributed by atoms with Crippen molar-refractivity contribution in [1.82, 2.24) is 9.80 Å². The summed E-state index contributed by atoms with van der Waals surface area (Å²) in [5, 5.41) is 10.8. The van der Waals surface area contributed by atoms with Crippen LogP contribution >= 0.6 is 0 Å². The highest BCUT2D eigenvalue weighted by Crippen LogP contribution is 2.24. The molecule has 112 valence electrons. The zero-order valence-corrected chi connectivity index (χ0v) is 11.5. The number of piperazine rings is 1. The van der Waals surface area contributed by atoms with E-state index < -0.39 is 16.6 Å². The molecule has 1 unspecified atom stereocenters. The smallest absolute Gasteiger partial charge is 0.270 e. The second kappa shape index (κ2) is 5.40. The Kier molecular flexibility index (Phi) is 3.59. The first-order chi connectivity index (χ1) is 10.1. The number of hydrogen-bond donors (Lipinski definition) is 0. The molecule has 0 bridgehead atoms. The molecule has 2 saturated heterocycles. The number of halogens is 1.